The minimum Gasteiger partial charge on any atom is -0.344 e. The number of hydrogen-bond acceptors (Lipinski definition) is 7. The van der Waals surface area contributed by atoms with E-state index in [-0.39, 0.29) is 31.7 Å². The lowest BCUT2D eigenvalue weighted by Gasteiger charge is -2.39. The van der Waals surface area contributed by atoms with Crippen molar-refractivity contribution < 1.29 is 13.6 Å². The molecule has 182 valence electrons. The van der Waals surface area contributed by atoms with Crippen LogP contribution in [0.3, 0.4) is 0 Å². The minimum atomic E-state index is -2.66. The zero-order valence-corrected chi connectivity index (χ0v) is 19.7. The normalized spacial score (nSPS) is 21.4. The topological polar surface area (TPSA) is 84.8 Å². The second kappa shape index (κ2) is 9.71. The van der Waals surface area contributed by atoms with Gasteiger partial charge in [-0.2, -0.15) is 20.4 Å². The van der Waals surface area contributed by atoms with Crippen LogP contribution in [-0.2, 0) is 17.6 Å². The van der Waals surface area contributed by atoms with Gasteiger partial charge in [-0.05, 0) is 62.6 Å². The van der Waals surface area contributed by atoms with Crippen LogP contribution in [-0.4, -0.2) is 50.2 Å². The minimum absolute atomic E-state index is 0.0404. The Bertz CT molecular complexity index is 1180. The van der Waals surface area contributed by atoms with Gasteiger partial charge in [-0.25, -0.2) is 13.8 Å². The summed E-state index contributed by atoms with van der Waals surface area (Å²) in [5.41, 5.74) is 4.10. The third-order valence-corrected chi connectivity index (χ3v) is 6.79. The van der Waals surface area contributed by atoms with E-state index in [1.165, 1.54) is 4.90 Å². The Hall–Kier alpha value is -3.36. The maximum Gasteiger partial charge on any atom is 0.282 e. The predicted molar refractivity (Wildman–Crippen MR) is 127 cm³/mol. The molecule has 0 unspecified atom stereocenters. The number of alkyl halides is 2. The number of hydrogen-bond donors (Lipinski definition) is 0. The van der Waals surface area contributed by atoms with Crippen molar-refractivity contribution in [1.82, 2.24) is 25.4 Å². The van der Waals surface area contributed by atoms with Gasteiger partial charge in [0.05, 0.1) is 48.0 Å². The van der Waals surface area contributed by atoms with Crippen molar-refractivity contribution in [3.05, 3.63) is 70.9 Å². The molecule has 0 N–H and O–H groups in total. The van der Waals surface area contributed by atoms with Crippen molar-refractivity contribution in [2.75, 3.05) is 18.0 Å². The fraction of sp³-hybridized carbons (Fsp3) is 0.462. The van der Waals surface area contributed by atoms with E-state index in [1.807, 2.05) is 25.1 Å². The van der Waals surface area contributed by atoms with Gasteiger partial charge in [0.25, 0.3) is 5.92 Å². The summed E-state index contributed by atoms with van der Waals surface area (Å²) in [5, 5.41) is 17.3. The Balaban J connectivity index is 1.16. The molecular weight excluding hydrogens is 450 g/mol. The fourth-order valence-corrected chi connectivity index (χ4v) is 4.92. The molecule has 2 fully saturated rings. The molecule has 0 bridgehead atoms. The maximum atomic E-state index is 13.1. The van der Waals surface area contributed by atoms with E-state index in [2.05, 4.69) is 31.4 Å². The number of carbonyl (C=O) groups is 1. The molecule has 1 aliphatic heterocycles. The number of aryl methyl sites for hydroxylation is 1. The van der Waals surface area contributed by atoms with Crippen molar-refractivity contribution in [1.29, 1.82) is 0 Å². The van der Waals surface area contributed by atoms with Crippen LogP contribution in [0.5, 0.6) is 0 Å². The molecular formula is C26H28F2N6O. The molecule has 1 saturated carbocycles. The lowest BCUT2D eigenvalue weighted by atomic mass is 9.78. The molecule has 0 aromatic carbocycles. The number of rotatable bonds is 7. The Morgan fingerprint density at radius 2 is 1.60 bits per heavy atom. The van der Waals surface area contributed by atoms with E-state index >= 15 is 0 Å². The molecule has 1 saturated heterocycles. The molecule has 0 amide bonds. The van der Waals surface area contributed by atoms with Crippen LogP contribution in [0.25, 0.3) is 0 Å². The number of aromatic nitrogens is 5. The van der Waals surface area contributed by atoms with Gasteiger partial charge in [0.2, 0.25) is 0 Å². The van der Waals surface area contributed by atoms with Crippen LogP contribution in [0.15, 0.2) is 42.5 Å². The summed E-state index contributed by atoms with van der Waals surface area (Å²) in [5.74, 6) is -1.54. The molecule has 9 heteroatoms. The molecule has 7 nitrogen and oxygen atoms in total. The van der Waals surface area contributed by atoms with E-state index in [0.29, 0.717) is 29.0 Å². The highest BCUT2D eigenvalue weighted by molar-refractivity contribution is 5.82. The standard InChI is InChI=1S/C26H28F2N6O/c1-17-8-10-23(32-30-17)18-4-2-5-19(12-18)24-11-9-21(31-33-24)14-22(35)13-20-6-3-7-25(29-20)34-15-26(27,28)16-34/h3,6-11,18-19H,2,4-5,12-16H2,1H3/t18-,19-/m0/s1. The maximum absolute atomic E-state index is 13.1. The monoisotopic (exact) mass is 478 g/mol. The first-order valence-corrected chi connectivity index (χ1v) is 12.1. The van der Waals surface area contributed by atoms with Gasteiger partial charge in [0.1, 0.15) is 11.6 Å². The summed E-state index contributed by atoms with van der Waals surface area (Å²) in [6.45, 7) is 1.27. The average Bonchev–Trinajstić information content (AvgIpc) is 2.83. The van der Waals surface area contributed by atoms with Crippen LogP contribution in [0.4, 0.5) is 14.6 Å². The molecule has 35 heavy (non-hydrogen) atoms. The molecule has 4 heterocycles. The van der Waals surface area contributed by atoms with Gasteiger partial charge >= 0.3 is 0 Å². The highest BCUT2D eigenvalue weighted by Crippen LogP contribution is 2.39. The molecule has 2 atom stereocenters. The van der Waals surface area contributed by atoms with Gasteiger partial charge in [-0.3, -0.25) is 4.79 Å². The number of anilines is 1. The van der Waals surface area contributed by atoms with E-state index in [4.69, 9.17) is 0 Å². The number of carbonyl (C=O) groups excluding carboxylic acids is 1. The van der Waals surface area contributed by atoms with Crippen LogP contribution in [0, 0.1) is 6.92 Å². The molecule has 2 aliphatic rings. The third-order valence-electron chi connectivity index (χ3n) is 6.79. The summed E-state index contributed by atoms with van der Waals surface area (Å²) < 4.78 is 26.3. The molecule has 5 rings (SSSR count). The van der Waals surface area contributed by atoms with Gasteiger partial charge in [0, 0.05) is 18.3 Å². The summed E-state index contributed by atoms with van der Waals surface area (Å²) in [7, 11) is 0. The van der Waals surface area contributed by atoms with E-state index in [1.54, 1.807) is 18.2 Å². The predicted octanol–water partition coefficient (Wildman–Crippen LogP) is 4.22. The zero-order chi connectivity index (χ0) is 24.4. The zero-order valence-electron chi connectivity index (χ0n) is 19.7. The van der Waals surface area contributed by atoms with Gasteiger partial charge in [-0.15, -0.1) is 0 Å². The van der Waals surface area contributed by atoms with Crippen LogP contribution >= 0.6 is 0 Å². The molecule has 3 aromatic rings. The second-order valence-corrected chi connectivity index (χ2v) is 9.70. The van der Waals surface area contributed by atoms with Crippen molar-refractivity contribution in [3.8, 4) is 0 Å². The van der Waals surface area contributed by atoms with Crippen molar-refractivity contribution in [3.63, 3.8) is 0 Å². The van der Waals surface area contributed by atoms with E-state index < -0.39 is 5.92 Å². The van der Waals surface area contributed by atoms with Crippen molar-refractivity contribution in [2.24, 2.45) is 0 Å². The number of halogens is 2. The number of pyridine rings is 1. The highest BCUT2D eigenvalue weighted by Gasteiger charge is 2.44. The quantitative estimate of drug-likeness (QED) is 0.503. The Kier molecular flexibility index (Phi) is 6.49. The van der Waals surface area contributed by atoms with Gasteiger partial charge < -0.3 is 4.90 Å². The van der Waals surface area contributed by atoms with Crippen LogP contribution in [0.1, 0.15) is 66.0 Å². The van der Waals surface area contributed by atoms with Crippen LogP contribution < -0.4 is 4.90 Å². The first kappa shape index (κ1) is 23.4. The summed E-state index contributed by atoms with van der Waals surface area (Å²) in [6, 6.07) is 13.1. The Morgan fingerprint density at radius 1 is 0.914 bits per heavy atom. The SMILES string of the molecule is Cc1ccc([C@H]2CCC[C@H](c3ccc(CC(=O)Cc4cccc(N5CC(F)(F)C5)n4)nn3)C2)nn1. The molecule has 0 radical (unpaired) electrons. The Labute approximate surface area is 203 Å². The molecule has 0 spiro atoms. The third kappa shape index (κ3) is 5.66. The Morgan fingerprint density at radius 3 is 2.23 bits per heavy atom. The van der Waals surface area contributed by atoms with Crippen molar-refractivity contribution >= 4 is 11.6 Å². The van der Waals surface area contributed by atoms with E-state index in [9.17, 15) is 13.6 Å². The summed E-state index contributed by atoms with van der Waals surface area (Å²) >= 11 is 0. The molecule has 3 aromatic heterocycles. The first-order valence-electron chi connectivity index (χ1n) is 12.1. The lowest BCUT2D eigenvalue weighted by Crippen LogP contribution is -2.56. The average molecular weight is 479 g/mol. The van der Waals surface area contributed by atoms with Crippen molar-refractivity contribution in [2.45, 2.75) is 63.2 Å². The second-order valence-electron chi connectivity index (χ2n) is 9.70. The largest absolute Gasteiger partial charge is 0.344 e. The molecule has 1 aliphatic carbocycles. The lowest BCUT2D eigenvalue weighted by molar-refractivity contribution is -0.117. The highest BCUT2D eigenvalue weighted by atomic mass is 19.3. The summed E-state index contributed by atoms with van der Waals surface area (Å²) in [6.07, 6.45) is 4.53. The number of Topliss-reactive ketones (excluding diaryl/α,β-unsaturated/α-hetero) is 1. The first-order chi connectivity index (χ1) is 16.8. The van der Waals surface area contributed by atoms with Gasteiger partial charge in [-0.1, -0.05) is 12.5 Å². The van der Waals surface area contributed by atoms with Crippen LogP contribution in [0.2, 0.25) is 0 Å². The number of ketones is 1. The smallest absolute Gasteiger partial charge is 0.282 e. The van der Waals surface area contributed by atoms with E-state index in [0.717, 1.165) is 42.8 Å². The summed E-state index contributed by atoms with van der Waals surface area (Å²) in [4.78, 5) is 18.5. The van der Waals surface area contributed by atoms with Gasteiger partial charge in [0.15, 0.2) is 0 Å². The number of nitrogens with zero attached hydrogens (tertiary/aromatic N) is 6. The fourth-order valence-electron chi connectivity index (χ4n) is 4.92.